The molecule has 5 aromatic rings. The van der Waals surface area contributed by atoms with Crippen LogP contribution in [0.4, 0.5) is 5.69 Å². The number of anilines is 1. The lowest BCUT2D eigenvalue weighted by molar-refractivity contribution is 0.590. The van der Waals surface area contributed by atoms with Gasteiger partial charge >= 0.3 is 0 Å². The lowest BCUT2D eigenvalue weighted by Crippen LogP contribution is -2.35. The molecule has 0 saturated carbocycles. The van der Waals surface area contributed by atoms with Crippen LogP contribution in [0.5, 0.6) is 0 Å². The highest BCUT2D eigenvalue weighted by Gasteiger charge is 2.27. The molecular formula is C27H23N5O5S2. The van der Waals surface area contributed by atoms with Gasteiger partial charge in [-0.1, -0.05) is 30.3 Å². The lowest BCUT2D eigenvalue weighted by atomic mass is 10.0. The normalized spacial score (nSPS) is 11.9. The molecule has 198 valence electrons. The molecular weight excluding hydrogens is 538 g/mol. The zero-order valence-corrected chi connectivity index (χ0v) is 22.6. The minimum Gasteiger partial charge on any atom is -0.267 e. The van der Waals surface area contributed by atoms with Crippen LogP contribution in [0.25, 0.3) is 28.0 Å². The maximum Gasteiger partial charge on any atom is 0.278 e. The first-order valence-corrected chi connectivity index (χ1v) is 15.4. The molecule has 0 amide bonds. The third-order valence-corrected chi connectivity index (χ3v) is 9.13. The van der Waals surface area contributed by atoms with Crippen LogP contribution in [0.15, 0.2) is 96.2 Å². The second kappa shape index (κ2) is 10.0. The van der Waals surface area contributed by atoms with Crippen LogP contribution in [0.3, 0.4) is 0 Å². The van der Waals surface area contributed by atoms with Gasteiger partial charge in [-0.25, -0.2) is 26.8 Å². The summed E-state index contributed by atoms with van der Waals surface area (Å²) in [6, 6.07) is 20.4. The van der Waals surface area contributed by atoms with Gasteiger partial charge in [-0.15, -0.1) is 0 Å². The van der Waals surface area contributed by atoms with Gasteiger partial charge in [0.15, 0.2) is 5.65 Å². The Bertz CT molecular complexity index is 1940. The highest BCUT2D eigenvalue weighted by molar-refractivity contribution is 8.09. The number of aromatic nitrogens is 4. The summed E-state index contributed by atoms with van der Waals surface area (Å²) in [4.78, 5) is 26.8. The van der Waals surface area contributed by atoms with Crippen molar-refractivity contribution in [2.45, 2.75) is 6.42 Å². The fourth-order valence-electron chi connectivity index (χ4n) is 4.37. The molecule has 12 heteroatoms. The molecule has 0 unspecified atom stereocenters. The summed E-state index contributed by atoms with van der Waals surface area (Å²) < 4.78 is 51.0. The van der Waals surface area contributed by atoms with Crippen molar-refractivity contribution in [3.8, 4) is 16.8 Å². The van der Waals surface area contributed by atoms with Crippen LogP contribution in [0.1, 0.15) is 11.3 Å². The van der Waals surface area contributed by atoms with Crippen molar-refractivity contribution in [2.75, 3.05) is 16.2 Å². The first-order chi connectivity index (χ1) is 18.5. The number of sulfonamides is 2. The Balaban J connectivity index is 1.65. The predicted octanol–water partition coefficient (Wildman–Crippen LogP) is 3.16. The van der Waals surface area contributed by atoms with Crippen LogP contribution >= 0.6 is 0 Å². The second-order valence-electron chi connectivity index (χ2n) is 8.91. The van der Waals surface area contributed by atoms with Gasteiger partial charge in [0.1, 0.15) is 11.2 Å². The Labute approximate surface area is 225 Å². The van der Waals surface area contributed by atoms with Crippen LogP contribution in [0.2, 0.25) is 0 Å². The molecule has 2 aromatic carbocycles. The SMILES string of the molecule is CS(=O)(=O)N(c1cccc(-c2cccc(-n3c(=O)c(Cc4cccnc4)nc4cccnc43)c2)c1)S(C)(=O)=O. The largest absolute Gasteiger partial charge is 0.278 e. The monoisotopic (exact) mass is 561 g/mol. The molecule has 0 aliphatic heterocycles. The first-order valence-electron chi connectivity index (χ1n) is 11.7. The molecule has 0 radical (unpaired) electrons. The molecule has 39 heavy (non-hydrogen) atoms. The van der Waals surface area contributed by atoms with Gasteiger partial charge in [-0.05, 0) is 59.2 Å². The van der Waals surface area contributed by atoms with E-state index in [1.807, 2.05) is 6.07 Å². The van der Waals surface area contributed by atoms with E-state index in [0.717, 1.165) is 18.1 Å². The van der Waals surface area contributed by atoms with E-state index in [2.05, 4.69) is 15.0 Å². The average Bonchev–Trinajstić information content (AvgIpc) is 2.88. The van der Waals surface area contributed by atoms with Gasteiger partial charge in [0.2, 0.25) is 20.0 Å². The van der Waals surface area contributed by atoms with Gasteiger partial charge in [0.05, 0.1) is 23.9 Å². The molecule has 10 nitrogen and oxygen atoms in total. The fourth-order valence-corrected chi connectivity index (χ4v) is 7.33. The minimum atomic E-state index is -4.11. The van der Waals surface area contributed by atoms with E-state index < -0.39 is 20.0 Å². The van der Waals surface area contributed by atoms with Gasteiger partial charge < -0.3 is 0 Å². The Morgan fingerprint density at radius 3 is 2.21 bits per heavy atom. The van der Waals surface area contributed by atoms with Crippen LogP contribution in [-0.2, 0) is 26.5 Å². The number of hydrogen-bond acceptors (Lipinski definition) is 8. The van der Waals surface area contributed by atoms with Crippen LogP contribution < -0.4 is 9.27 Å². The van der Waals surface area contributed by atoms with Crippen molar-refractivity contribution in [1.82, 2.24) is 19.5 Å². The number of hydrogen-bond donors (Lipinski definition) is 0. The summed E-state index contributed by atoms with van der Waals surface area (Å²) in [6.45, 7) is 0. The van der Waals surface area contributed by atoms with Gasteiger partial charge in [0.25, 0.3) is 5.56 Å². The average molecular weight is 562 g/mol. The van der Waals surface area contributed by atoms with Crippen molar-refractivity contribution in [3.05, 3.63) is 113 Å². The molecule has 0 aliphatic carbocycles. The third kappa shape index (κ3) is 5.42. The molecule has 0 atom stereocenters. The number of nitrogens with zero attached hydrogens (tertiary/aromatic N) is 5. The molecule has 3 aromatic heterocycles. The summed E-state index contributed by atoms with van der Waals surface area (Å²) >= 11 is 0. The second-order valence-corrected chi connectivity index (χ2v) is 12.8. The smallest absolute Gasteiger partial charge is 0.267 e. The standard InChI is InChI=1S/C27H23N5O5S2/c1-38(34,35)32(39(2,36)37)23-11-4-9-21(17-23)20-8-3-10-22(16-20)31-26-24(12-6-14-29-26)30-25(27(31)33)15-19-7-5-13-28-18-19/h3-14,16-18H,15H2,1-2H3. The summed E-state index contributed by atoms with van der Waals surface area (Å²) in [5, 5.41) is 0. The zero-order chi connectivity index (χ0) is 27.8. The van der Waals surface area contributed by atoms with Crippen molar-refractivity contribution in [2.24, 2.45) is 0 Å². The van der Waals surface area contributed by atoms with E-state index in [9.17, 15) is 21.6 Å². The summed E-state index contributed by atoms with van der Waals surface area (Å²) in [7, 11) is -8.21. The Hall–Kier alpha value is -4.42. The highest BCUT2D eigenvalue weighted by Crippen LogP contribution is 2.29. The first kappa shape index (κ1) is 26.2. The summed E-state index contributed by atoms with van der Waals surface area (Å²) in [5.41, 5.74) is 3.44. The molecule has 5 rings (SSSR count). The van der Waals surface area contributed by atoms with Crippen molar-refractivity contribution in [3.63, 3.8) is 0 Å². The van der Waals surface area contributed by atoms with Gasteiger partial charge in [-0.3, -0.25) is 14.3 Å². The van der Waals surface area contributed by atoms with E-state index >= 15 is 0 Å². The van der Waals surface area contributed by atoms with Gasteiger partial charge in [0, 0.05) is 25.0 Å². The minimum absolute atomic E-state index is 0.0187. The Kier molecular flexibility index (Phi) is 6.74. The molecule has 3 heterocycles. The van der Waals surface area contributed by atoms with E-state index in [4.69, 9.17) is 0 Å². The van der Waals surface area contributed by atoms with E-state index in [1.54, 1.807) is 73.2 Å². The van der Waals surface area contributed by atoms with Crippen LogP contribution in [0, 0.1) is 0 Å². The Morgan fingerprint density at radius 2 is 1.51 bits per heavy atom. The summed E-state index contributed by atoms with van der Waals surface area (Å²) in [6.07, 6.45) is 6.87. The highest BCUT2D eigenvalue weighted by atomic mass is 32.3. The van der Waals surface area contributed by atoms with Crippen molar-refractivity contribution in [1.29, 1.82) is 0 Å². The number of fused-ring (bicyclic) bond motifs is 1. The number of rotatable bonds is 7. The van der Waals surface area contributed by atoms with Gasteiger partial charge in [-0.2, -0.15) is 3.71 Å². The van der Waals surface area contributed by atoms with Crippen LogP contribution in [-0.4, -0.2) is 48.9 Å². The lowest BCUT2D eigenvalue weighted by Gasteiger charge is -2.20. The summed E-state index contributed by atoms with van der Waals surface area (Å²) in [5.74, 6) is 0. The topological polar surface area (TPSA) is 132 Å². The van der Waals surface area contributed by atoms with Crippen molar-refractivity contribution >= 4 is 36.9 Å². The van der Waals surface area contributed by atoms with Crippen molar-refractivity contribution < 1.29 is 16.8 Å². The zero-order valence-electron chi connectivity index (χ0n) is 21.0. The van der Waals surface area contributed by atoms with E-state index in [1.165, 1.54) is 16.7 Å². The molecule has 0 spiro atoms. The fraction of sp³-hybridized carbons (Fsp3) is 0.111. The van der Waals surface area contributed by atoms with E-state index in [0.29, 0.717) is 37.4 Å². The predicted molar refractivity (Wildman–Crippen MR) is 150 cm³/mol. The molecule has 0 aliphatic rings. The third-order valence-electron chi connectivity index (χ3n) is 5.87. The quantitative estimate of drug-likeness (QED) is 0.296. The molecule has 0 N–H and O–H groups in total. The molecule has 0 fully saturated rings. The van der Waals surface area contributed by atoms with E-state index in [-0.39, 0.29) is 17.7 Å². The number of pyridine rings is 2. The maximum absolute atomic E-state index is 13.7. The number of benzene rings is 2. The maximum atomic E-state index is 13.7. The Morgan fingerprint density at radius 1 is 0.821 bits per heavy atom. The molecule has 0 saturated heterocycles. The molecule has 0 bridgehead atoms.